The Labute approximate surface area is 199 Å². The lowest BCUT2D eigenvalue weighted by Gasteiger charge is -2.32. The van der Waals surface area contributed by atoms with Crippen molar-refractivity contribution in [3.63, 3.8) is 0 Å². The largest absolute Gasteiger partial charge is 0.330 e. The maximum absolute atomic E-state index is 5.31. The topological polar surface area (TPSA) is 15.6 Å². The fraction of sp³-hybridized carbons (Fsp3) is 0.167. The molecular formula is C30H31N2P. The zero-order valence-corrected chi connectivity index (χ0v) is 20.5. The van der Waals surface area contributed by atoms with Gasteiger partial charge in [0, 0.05) is 23.2 Å². The normalized spacial score (nSPS) is 11.6. The average Bonchev–Trinajstić information content (AvgIpc) is 2.86. The van der Waals surface area contributed by atoms with Crippen molar-refractivity contribution in [2.24, 2.45) is 4.99 Å². The summed E-state index contributed by atoms with van der Waals surface area (Å²) in [5.74, 6) is 0.998. The molecule has 166 valence electrons. The Morgan fingerprint density at radius 2 is 1.27 bits per heavy atom. The molecule has 4 rings (SSSR count). The minimum atomic E-state index is -0.794. The summed E-state index contributed by atoms with van der Waals surface area (Å²) >= 11 is 0. The molecule has 0 amide bonds. The number of hydrogen-bond donors (Lipinski definition) is 0. The number of aliphatic imine (C=N–C) groups is 1. The third-order valence-electron chi connectivity index (χ3n) is 5.66. The molecule has 4 aromatic carbocycles. The fourth-order valence-electron chi connectivity index (χ4n) is 3.97. The van der Waals surface area contributed by atoms with Crippen molar-refractivity contribution in [3.05, 3.63) is 126 Å². The van der Waals surface area contributed by atoms with Gasteiger partial charge >= 0.3 is 0 Å². The van der Waals surface area contributed by atoms with Crippen molar-refractivity contribution in [1.29, 1.82) is 0 Å². The molecule has 0 spiro atoms. The number of para-hydroxylation sites is 1. The van der Waals surface area contributed by atoms with Crippen LogP contribution in [0.15, 0.2) is 114 Å². The zero-order valence-electron chi connectivity index (χ0n) is 19.6. The van der Waals surface area contributed by atoms with Crippen molar-refractivity contribution in [1.82, 2.24) is 4.67 Å². The summed E-state index contributed by atoms with van der Waals surface area (Å²) in [7, 11) is 1.39. The standard InChI is InChI=1S/C30H31N2P/c1-4-13-25-14-11-12-19-29(25)31-30(26-22-20-24(2)21-23-26)32(3)33(27-15-7-5-8-16-27)28-17-9-6-10-18-28/h5-12,14-23H,4,13H2,1-3H3/b31-30-. The third kappa shape index (κ3) is 5.59. The van der Waals surface area contributed by atoms with Crippen LogP contribution in [0.4, 0.5) is 5.69 Å². The zero-order chi connectivity index (χ0) is 23.0. The Hall–Kier alpha value is -3.22. The Bertz CT molecular complexity index is 1150. The molecule has 0 bridgehead atoms. The minimum absolute atomic E-state index is 0.794. The summed E-state index contributed by atoms with van der Waals surface area (Å²) in [5.41, 5.74) is 4.73. The molecule has 33 heavy (non-hydrogen) atoms. The molecule has 0 heterocycles. The van der Waals surface area contributed by atoms with E-state index in [2.05, 4.69) is 135 Å². The van der Waals surface area contributed by atoms with Crippen LogP contribution in [0.1, 0.15) is 30.0 Å². The predicted octanol–water partition coefficient (Wildman–Crippen LogP) is 7.01. The molecule has 0 aliphatic rings. The van der Waals surface area contributed by atoms with E-state index in [0.29, 0.717) is 0 Å². The third-order valence-corrected chi connectivity index (χ3v) is 8.02. The monoisotopic (exact) mass is 450 g/mol. The highest BCUT2D eigenvalue weighted by Crippen LogP contribution is 2.39. The molecular weight excluding hydrogens is 419 g/mol. The average molecular weight is 451 g/mol. The molecule has 3 heteroatoms. The van der Waals surface area contributed by atoms with Gasteiger partial charge in [-0.1, -0.05) is 122 Å². The smallest absolute Gasteiger partial charge is 0.140 e. The fourth-order valence-corrected chi connectivity index (χ4v) is 6.22. The van der Waals surface area contributed by atoms with Crippen LogP contribution in [0.5, 0.6) is 0 Å². The van der Waals surface area contributed by atoms with E-state index in [1.54, 1.807) is 0 Å². The number of benzene rings is 4. The molecule has 0 radical (unpaired) electrons. The molecule has 0 aliphatic carbocycles. The summed E-state index contributed by atoms with van der Waals surface area (Å²) in [4.78, 5) is 5.31. The summed E-state index contributed by atoms with van der Waals surface area (Å²) in [6, 6.07) is 38.8. The van der Waals surface area contributed by atoms with Crippen molar-refractivity contribution in [2.75, 3.05) is 7.05 Å². The molecule has 0 saturated carbocycles. The highest BCUT2D eigenvalue weighted by atomic mass is 31.1. The Morgan fingerprint density at radius 3 is 1.85 bits per heavy atom. The van der Waals surface area contributed by atoms with Crippen molar-refractivity contribution in [2.45, 2.75) is 26.7 Å². The SMILES string of the molecule is CCCc1ccccc1/N=C(/c1ccc(C)cc1)N(C)P(c1ccccc1)c1ccccc1. The number of aryl methyl sites for hydroxylation is 2. The quantitative estimate of drug-likeness (QED) is 0.168. The lowest BCUT2D eigenvalue weighted by Crippen LogP contribution is -2.31. The number of amidine groups is 1. The van der Waals surface area contributed by atoms with E-state index in [4.69, 9.17) is 4.99 Å². The number of rotatable bonds is 7. The van der Waals surface area contributed by atoms with Gasteiger partial charge in [0.15, 0.2) is 0 Å². The summed E-state index contributed by atoms with van der Waals surface area (Å²) in [6.07, 6.45) is 2.12. The van der Waals surface area contributed by atoms with E-state index in [1.807, 2.05) is 0 Å². The van der Waals surface area contributed by atoms with E-state index < -0.39 is 8.07 Å². The molecule has 4 aromatic rings. The van der Waals surface area contributed by atoms with Crippen LogP contribution in [0, 0.1) is 6.92 Å². The van der Waals surface area contributed by atoms with Crippen molar-refractivity contribution >= 4 is 30.2 Å². The highest BCUT2D eigenvalue weighted by Gasteiger charge is 2.23. The second kappa shape index (κ2) is 11.1. The van der Waals surface area contributed by atoms with Crippen LogP contribution in [0.25, 0.3) is 0 Å². The second-order valence-corrected chi connectivity index (χ2v) is 10.4. The molecule has 2 nitrogen and oxygen atoms in total. The molecule has 0 atom stereocenters. The van der Waals surface area contributed by atoms with Gasteiger partial charge in [-0.25, -0.2) is 4.99 Å². The molecule has 0 N–H and O–H groups in total. The Balaban J connectivity index is 1.88. The van der Waals surface area contributed by atoms with Crippen LogP contribution in [-0.2, 0) is 6.42 Å². The van der Waals surface area contributed by atoms with Gasteiger partial charge in [-0.3, -0.25) is 0 Å². The predicted molar refractivity (Wildman–Crippen MR) is 145 cm³/mol. The van der Waals surface area contributed by atoms with Gasteiger partial charge in [0.25, 0.3) is 0 Å². The second-order valence-electron chi connectivity index (χ2n) is 8.19. The summed E-state index contributed by atoms with van der Waals surface area (Å²) in [5, 5.41) is 2.62. The summed E-state index contributed by atoms with van der Waals surface area (Å²) in [6.45, 7) is 4.35. The molecule has 0 aliphatic heterocycles. The molecule has 0 fully saturated rings. The van der Waals surface area contributed by atoms with Crippen molar-refractivity contribution < 1.29 is 0 Å². The van der Waals surface area contributed by atoms with Crippen LogP contribution in [-0.4, -0.2) is 17.6 Å². The summed E-state index contributed by atoms with van der Waals surface area (Å²) < 4.78 is 2.38. The van der Waals surface area contributed by atoms with Gasteiger partial charge < -0.3 is 4.67 Å². The van der Waals surface area contributed by atoms with Gasteiger partial charge in [0.2, 0.25) is 0 Å². The van der Waals surface area contributed by atoms with Crippen LogP contribution in [0.2, 0.25) is 0 Å². The minimum Gasteiger partial charge on any atom is -0.330 e. The lowest BCUT2D eigenvalue weighted by molar-refractivity contribution is 0.827. The van der Waals surface area contributed by atoms with Gasteiger partial charge in [0.1, 0.15) is 5.84 Å². The van der Waals surface area contributed by atoms with Gasteiger partial charge in [-0.15, -0.1) is 0 Å². The first-order chi connectivity index (χ1) is 16.2. The number of hydrogen-bond acceptors (Lipinski definition) is 1. The molecule has 0 saturated heterocycles. The van der Waals surface area contributed by atoms with E-state index in [1.165, 1.54) is 21.7 Å². The van der Waals surface area contributed by atoms with E-state index in [-0.39, 0.29) is 0 Å². The maximum atomic E-state index is 5.31. The number of nitrogens with zero attached hydrogens (tertiary/aromatic N) is 2. The van der Waals surface area contributed by atoms with E-state index in [0.717, 1.165) is 29.9 Å². The first-order valence-electron chi connectivity index (χ1n) is 11.5. The van der Waals surface area contributed by atoms with Crippen LogP contribution < -0.4 is 10.6 Å². The van der Waals surface area contributed by atoms with E-state index in [9.17, 15) is 0 Å². The maximum Gasteiger partial charge on any atom is 0.140 e. The van der Waals surface area contributed by atoms with Gasteiger partial charge in [0.05, 0.1) is 13.8 Å². The van der Waals surface area contributed by atoms with E-state index >= 15 is 0 Å². The lowest BCUT2D eigenvalue weighted by atomic mass is 10.1. The first kappa shape index (κ1) is 23.0. The van der Waals surface area contributed by atoms with Crippen LogP contribution in [0.3, 0.4) is 0 Å². The van der Waals surface area contributed by atoms with Crippen molar-refractivity contribution in [3.8, 4) is 0 Å². The van der Waals surface area contributed by atoms with Gasteiger partial charge in [-0.2, -0.15) is 0 Å². The molecule has 0 unspecified atom stereocenters. The first-order valence-corrected chi connectivity index (χ1v) is 12.8. The van der Waals surface area contributed by atoms with Crippen LogP contribution >= 0.6 is 8.07 Å². The van der Waals surface area contributed by atoms with Gasteiger partial charge in [-0.05, 0) is 25.0 Å². The molecule has 0 aromatic heterocycles. The Kier molecular flexibility index (Phi) is 7.70. The highest BCUT2D eigenvalue weighted by molar-refractivity contribution is 7.71. The Morgan fingerprint density at radius 1 is 0.727 bits per heavy atom.